The van der Waals surface area contributed by atoms with Crippen molar-refractivity contribution in [3.8, 4) is 0 Å². The number of nitrogens with one attached hydrogen (secondary N) is 1. The molecule has 0 radical (unpaired) electrons. The molecule has 1 heterocycles. The van der Waals surface area contributed by atoms with Crippen molar-refractivity contribution in [3.63, 3.8) is 0 Å². The van der Waals surface area contributed by atoms with Gasteiger partial charge in [-0.25, -0.2) is 8.42 Å². The zero-order valence-corrected chi connectivity index (χ0v) is 15.1. The monoisotopic (exact) mass is 367 g/mol. The number of nitro groups is 1. The van der Waals surface area contributed by atoms with Crippen LogP contribution >= 0.6 is 0 Å². The number of anilines is 1. The first-order chi connectivity index (χ1) is 12.0. The molecule has 1 N–H and O–H groups in total. The SMILES string of the molecule is O=[N+]([O-])c1cc(S(=O)(=O)N2CCCCCC2)ccc1NCC1CCC1. The number of sulfonamides is 1. The third-order valence-corrected chi connectivity index (χ3v) is 7.07. The Balaban J connectivity index is 1.83. The van der Waals surface area contributed by atoms with Gasteiger partial charge in [-0.1, -0.05) is 19.3 Å². The fourth-order valence-electron chi connectivity index (χ4n) is 3.35. The van der Waals surface area contributed by atoms with Crippen molar-refractivity contribution in [2.45, 2.75) is 49.8 Å². The zero-order valence-electron chi connectivity index (χ0n) is 14.3. The first-order valence-electron chi connectivity index (χ1n) is 9.01. The van der Waals surface area contributed by atoms with E-state index in [-0.39, 0.29) is 10.6 Å². The van der Waals surface area contributed by atoms with E-state index >= 15 is 0 Å². The summed E-state index contributed by atoms with van der Waals surface area (Å²) < 4.78 is 27.1. The summed E-state index contributed by atoms with van der Waals surface area (Å²) in [5.74, 6) is 0.556. The fraction of sp³-hybridized carbons (Fsp3) is 0.647. The minimum absolute atomic E-state index is 0.00953. The summed E-state index contributed by atoms with van der Waals surface area (Å²) in [6, 6.07) is 4.21. The summed E-state index contributed by atoms with van der Waals surface area (Å²) >= 11 is 0. The molecule has 0 amide bonds. The van der Waals surface area contributed by atoms with Crippen molar-refractivity contribution in [1.29, 1.82) is 0 Å². The van der Waals surface area contributed by atoms with Gasteiger partial charge in [-0.15, -0.1) is 0 Å². The van der Waals surface area contributed by atoms with Crippen LogP contribution in [-0.2, 0) is 10.0 Å². The molecule has 0 spiro atoms. The molecule has 0 unspecified atom stereocenters. The van der Waals surface area contributed by atoms with Gasteiger partial charge in [-0.3, -0.25) is 10.1 Å². The Morgan fingerprint density at radius 1 is 1.12 bits per heavy atom. The van der Waals surface area contributed by atoms with Gasteiger partial charge in [0.2, 0.25) is 10.0 Å². The lowest BCUT2D eigenvalue weighted by Gasteiger charge is -2.26. The van der Waals surface area contributed by atoms with Gasteiger partial charge in [0, 0.05) is 25.7 Å². The Morgan fingerprint density at radius 2 is 1.80 bits per heavy atom. The maximum atomic E-state index is 12.8. The van der Waals surface area contributed by atoms with Crippen LogP contribution in [0.15, 0.2) is 23.1 Å². The molecule has 1 aliphatic heterocycles. The molecule has 0 atom stereocenters. The van der Waals surface area contributed by atoms with Crippen LogP contribution in [0.25, 0.3) is 0 Å². The third-order valence-electron chi connectivity index (χ3n) is 5.17. The highest BCUT2D eigenvalue weighted by Crippen LogP contribution is 2.32. The highest BCUT2D eigenvalue weighted by atomic mass is 32.2. The van der Waals surface area contributed by atoms with Crippen LogP contribution in [0.1, 0.15) is 44.9 Å². The summed E-state index contributed by atoms with van der Waals surface area (Å²) in [6.45, 7) is 1.66. The molecule has 1 saturated heterocycles. The average Bonchev–Trinajstić information content (AvgIpc) is 2.83. The minimum Gasteiger partial charge on any atom is -0.379 e. The Bertz CT molecular complexity index is 723. The van der Waals surface area contributed by atoms with Crippen molar-refractivity contribution >= 4 is 21.4 Å². The van der Waals surface area contributed by atoms with Gasteiger partial charge in [0.1, 0.15) is 5.69 Å². The van der Waals surface area contributed by atoms with E-state index in [2.05, 4.69) is 5.32 Å². The molecular weight excluding hydrogens is 342 g/mol. The molecule has 2 fully saturated rings. The molecule has 0 aromatic heterocycles. The van der Waals surface area contributed by atoms with Crippen LogP contribution in [0.5, 0.6) is 0 Å². The molecular formula is C17H25N3O4S. The molecule has 1 aromatic rings. The minimum atomic E-state index is -3.68. The van der Waals surface area contributed by atoms with Gasteiger partial charge >= 0.3 is 0 Å². The molecule has 1 aliphatic carbocycles. The molecule has 138 valence electrons. The lowest BCUT2D eigenvalue weighted by atomic mass is 9.85. The van der Waals surface area contributed by atoms with E-state index in [0.29, 0.717) is 31.2 Å². The number of nitro benzene ring substituents is 1. The van der Waals surface area contributed by atoms with Crippen molar-refractivity contribution < 1.29 is 13.3 Å². The van der Waals surface area contributed by atoms with Gasteiger partial charge in [-0.2, -0.15) is 4.31 Å². The zero-order chi connectivity index (χ0) is 17.9. The van der Waals surface area contributed by atoms with Crippen molar-refractivity contribution in [1.82, 2.24) is 4.31 Å². The summed E-state index contributed by atoms with van der Waals surface area (Å²) in [6.07, 6.45) is 7.21. The fourth-order valence-corrected chi connectivity index (χ4v) is 4.89. The van der Waals surface area contributed by atoms with E-state index in [0.717, 1.165) is 38.5 Å². The van der Waals surface area contributed by atoms with Gasteiger partial charge in [0.15, 0.2) is 0 Å². The van der Waals surface area contributed by atoms with Crippen LogP contribution in [0.4, 0.5) is 11.4 Å². The summed E-state index contributed by atoms with van der Waals surface area (Å²) in [7, 11) is -3.68. The maximum absolute atomic E-state index is 12.8. The second kappa shape index (κ2) is 7.70. The van der Waals surface area contributed by atoms with E-state index in [9.17, 15) is 18.5 Å². The van der Waals surface area contributed by atoms with Crippen LogP contribution in [0.2, 0.25) is 0 Å². The van der Waals surface area contributed by atoms with Crippen molar-refractivity contribution in [3.05, 3.63) is 28.3 Å². The predicted octanol–water partition coefficient (Wildman–Crippen LogP) is 3.37. The number of hydrogen-bond acceptors (Lipinski definition) is 5. The average molecular weight is 367 g/mol. The molecule has 8 heteroatoms. The summed E-state index contributed by atoms with van der Waals surface area (Å²) in [5, 5.41) is 14.5. The standard InChI is InChI=1S/C17H25N3O4S/c21-20(22)17-12-15(8-9-16(17)18-13-14-6-5-7-14)25(23,24)19-10-3-1-2-4-11-19/h8-9,12,14,18H,1-7,10-11,13H2. The molecule has 1 saturated carbocycles. The highest BCUT2D eigenvalue weighted by Gasteiger charge is 2.28. The molecule has 1 aromatic carbocycles. The summed E-state index contributed by atoms with van der Waals surface area (Å²) in [5.41, 5.74) is 0.224. The Kier molecular flexibility index (Phi) is 5.58. The first kappa shape index (κ1) is 18.1. The first-order valence-corrected chi connectivity index (χ1v) is 10.4. The van der Waals surface area contributed by atoms with Crippen molar-refractivity contribution in [2.24, 2.45) is 5.92 Å². The predicted molar refractivity (Wildman–Crippen MR) is 96.2 cm³/mol. The van der Waals surface area contributed by atoms with E-state index in [4.69, 9.17) is 0 Å². The molecule has 25 heavy (non-hydrogen) atoms. The van der Waals surface area contributed by atoms with Crippen molar-refractivity contribution in [2.75, 3.05) is 25.0 Å². The topological polar surface area (TPSA) is 92.5 Å². The Morgan fingerprint density at radius 3 is 2.36 bits per heavy atom. The molecule has 7 nitrogen and oxygen atoms in total. The van der Waals surface area contributed by atoms with E-state index < -0.39 is 14.9 Å². The van der Waals surface area contributed by atoms with Gasteiger partial charge in [0.25, 0.3) is 5.69 Å². The van der Waals surface area contributed by atoms with E-state index in [1.807, 2.05) is 0 Å². The van der Waals surface area contributed by atoms with Crippen LogP contribution in [0.3, 0.4) is 0 Å². The van der Waals surface area contributed by atoms with Gasteiger partial charge in [0.05, 0.1) is 9.82 Å². The Labute approximate surface area is 148 Å². The quantitative estimate of drug-likeness (QED) is 0.615. The van der Waals surface area contributed by atoms with E-state index in [1.165, 1.54) is 28.9 Å². The summed E-state index contributed by atoms with van der Waals surface area (Å²) in [4.78, 5) is 10.9. The number of hydrogen-bond donors (Lipinski definition) is 1. The molecule has 0 bridgehead atoms. The van der Waals surface area contributed by atoms with Crippen LogP contribution in [0, 0.1) is 16.0 Å². The van der Waals surface area contributed by atoms with Gasteiger partial charge < -0.3 is 5.32 Å². The number of benzene rings is 1. The molecule has 2 aliphatic rings. The smallest absolute Gasteiger partial charge is 0.293 e. The number of nitrogens with zero attached hydrogens (tertiary/aromatic N) is 2. The largest absolute Gasteiger partial charge is 0.379 e. The Hall–Kier alpha value is -1.67. The molecule has 3 rings (SSSR count). The van der Waals surface area contributed by atoms with E-state index in [1.54, 1.807) is 0 Å². The van der Waals surface area contributed by atoms with Crippen LogP contribution < -0.4 is 5.32 Å². The number of rotatable bonds is 6. The lowest BCUT2D eigenvalue weighted by molar-refractivity contribution is -0.384. The van der Waals surface area contributed by atoms with Crippen LogP contribution in [-0.4, -0.2) is 37.3 Å². The highest BCUT2D eigenvalue weighted by molar-refractivity contribution is 7.89. The second-order valence-electron chi connectivity index (χ2n) is 6.93. The second-order valence-corrected chi connectivity index (χ2v) is 8.87. The maximum Gasteiger partial charge on any atom is 0.293 e. The normalized spacial score (nSPS) is 19.8. The van der Waals surface area contributed by atoms with Gasteiger partial charge in [-0.05, 0) is 43.7 Å². The third kappa shape index (κ3) is 4.12. The lowest BCUT2D eigenvalue weighted by Crippen LogP contribution is -2.32.